The van der Waals surface area contributed by atoms with E-state index >= 15 is 0 Å². The van der Waals surface area contributed by atoms with Gasteiger partial charge in [0, 0.05) is 13.2 Å². The summed E-state index contributed by atoms with van der Waals surface area (Å²) in [6, 6.07) is 0. The summed E-state index contributed by atoms with van der Waals surface area (Å²) < 4.78 is 26.6. The highest BCUT2D eigenvalue weighted by molar-refractivity contribution is 7.89. The molecule has 0 bridgehead atoms. The normalized spacial score (nSPS) is 12.3. The van der Waals surface area contributed by atoms with Gasteiger partial charge in [0.05, 0.1) is 5.75 Å². The van der Waals surface area contributed by atoms with E-state index in [1.807, 2.05) is 0 Å². The van der Waals surface area contributed by atoms with Crippen LogP contribution in [0.4, 0.5) is 0 Å². The molecule has 0 aliphatic heterocycles. The maximum Gasteiger partial charge on any atom is 0.209 e. The van der Waals surface area contributed by atoms with E-state index in [1.54, 1.807) is 0 Å². The van der Waals surface area contributed by atoms with E-state index in [1.165, 1.54) is 0 Å². The predicted molar refractivity (Wildman–Crippen MR) is 62.1 cm³/mol. The second kappa shape index (κ2) is 8.07. The van der Waals surface area contributed by atoms with E-state index in [0.717, 1.165) is 32.5 Å². The Labute approximate surface area is 93.2 Å². The molecule has 0 aromatic heterocycles. The van der Waals surface area contributed by atoms with Crippen LogP contribution in [-0.4, -0.2) is 27.4 Å². The van der Waals surface area contributed by atoms with Crippen LogP contribution in [-0.2, 0) is 14.8 Å². The number of primary sulfonamides is 1. The molecule has 0 aliphatic carbocycles. The summed E-state index contributed by atoms with van der Waals surface area (Å²) in [5.41, 5.74) is 0. The summed E-state index contributed by atoms with van der Waals surface area (Å²) in [7, 11) is -3.26. The summed E-state index contributed by atoms with van der Waals surface area (Å²) >= 11 is 0. The highest BCUT2D eigenvalue weighted by atomic mass is 32.2. The van der Waals surface area contributed by atoms with Crippen molar-refractivity contribution in [2.24, 2.45) is 11.1 Å². The first-order valence-electron chi connectivity index (χ1n) is 5.50. The maximum absolute atomic E-state index is 10.6. The third-order valence-electron chi connectivity index (χ3n) is 1.92. The molecule has 0 radical (unpaired) electrons. The van der Waals surface area contributed by atoms with E-state index in [0.29, 0.717) is 12.3 Å². The van der Waals surface area contributed by atoms with Gasteiger partial charge in [-0.25, -0.2) is 13.6 Å². The first kappa shape index (κ1) is 14.9. The molecule has 0 heterocycles. The van der Waals surface area contributed by atoms with Gasteiger partial charge in [-0.3, -0.25) is 0 Å². The molecule has 0 aromatic rings. The Morgan fingerprint density at radius 2 is 1.73 bits per heavy atom. The van der Waals surface area contributed by atoms with Crippen molar-refractivity contribution in [2.75, 3.05) is 19.0 Å². The molecule has 5 heteroatoms. The molecule has 2 N–H and O–H groups in total. The van der Waals surface area contributed by atoms with Gasteiger partial charge in [0.15, 0.2) is 0 Å². The molecule has 0 aromatic carbocycles. The Morgan fingerprint density at radius 1 is 1.13 bits per heavy atom. The van der Waals surface area contributed by atoms with Crippen molar-refractivity contribution in [3.05, 3.63) is 0 Å². The van der Waals surface area contributed by atoms with Crippen molar-refractivity contribution in [3.63, 3.8) is 0 Å². The smallest absolute Gasteiger partial charge is 0.209 e. The van der Waals surface area contributed by atoms with E-state index in [-0.39, 0.29) is 5.75 Å². The zero-order chi connectivity index (χ0) is 11.7. The highest BCUT2D eigenvalue weighted by Crippen LogP contribution is 2.02. The summed E-state index contributed by atoms with van der Waals surface area (Å²) in [6.07, 6.45) is 3.56. The average molecular weight is 237 g/mol. The first-order valence-corrected chi connectivity index (χ1v) is 7.21. The van der Waals surface area contributed by atoms with Gasteiger partial charge >= 0.3 is 0 Å². The Bertz CT molecular complexity index is 237. The summed E-state index contributed by atoms with van der Waals surface area (Å²) in [4.78, 5) is 0. The first-order chi connectivity index (χ1) is 6.92. The number of rotatable bonds is 9. The molecule has 92 valence electrons. The molecule has 0 aliphatic rings. The fourth-order valence-corrected chi connectivity index (χ4v) is 1.79. The Balaban J connectivity index is 3.12. The molecule has 0 unspecified atom stereocenters. The number of hydrogen-bond donors (Lipinski definition) is 1. The van der Waals surface area contributed by atoms with Gasteiger partial charge in [-0.15, -0.1) is 0 Å². The summed E-state index contributed by atoms with van der Waals surface area (Å²) in [6.45, 7) is 5.81. The van der Waals surface area contributed by atoms with Gasteiger partial charge in [-0.2, -0.15) is 0 Å². The van der Waals surface area contributed by atoms with Crippen LogP contribution in [0.25, 0.3) is 0 Å². The van der Waals surface area contributed by atoms with Gasteiger partial charge in [0.25, 0.3) is 0 Å². The number of hydrogen-bond acceptors (Lipinski definition) is 3. The van der Waals surface area contributed by atoms with Crippen LogP contribution in [0.5, 0.6) is 0 Å². The molecular formula is C10H23NO3S. The minimum atomic E-state index is -3.26. The third-order valence-corrected chi connectivity index (χ3v) is 2.78. The van der Waals surface area contributed by atoms with E-state index in [9.17, 15) is 8.42 Å². The number of ether oxygens (including phenoxy) is 1. The topological polar surface area (TPSA) is 69.4 Å². The van der Waals surface area contributed by atoms with Crippen molar-refractivity contribution in [2.45, 2.75) is 39.5 Å². The van der Waals surface area contributed by atoms with Gasteiger partial charge in [-0.1, -0.05) is 26.7 Å². The predicted octanol–water partition coefficient (Wildman–Crippen LogP) is 1.51. The van der Waals surface area contributed by atoms with E-state index in [2.05, 4.69) is 13.8 Å². The lowest BCUT2D eigenvalue weighted by Gasteiger charge is -2.06. The Kier molecular flexibility index (Phi) is 8.00. The zero-order valence-corrected chi connectivity index (χ0v) is 10.6. The SMILES string of the molecule is CC(C)COCCCCCCS(N)(=O)=O. The maximum atomic E-state index is 10.6. The van der Waals surface area contributed by atoms with Crippen molar-refractivity contribution >= 4 is 10.0 Å². The summed E-state index contributed by atoms with van der Waals surface area (Å²) in [5, 5.41) is 4.88. The van der Waals surface area contributed by atoms with E-state index in [4.69, 9.17) is 9.88 Å². The molecule has 15 heavy (non-hydrogen) atoms. The van der Waals surface area contributed by atoms with Crippen LogP contribution < -0.4 is 5.14 Å². The minimum Gasteiger partial charge on any atom is -0.381 e. The van der Waals surface area contributed by atoms with E-state index < -0.39 is 10.0 Å². The van der Waals surface area contributed by atoms with Crippen molar-refractivity contribution in [3.8, 4) is 0 Å². The highest BCUT2D eigenvalue weighted by Gasteiger charge is 2.01. The third kappa shape index (κ3) is 13.9. The second-order valence-electron chi connectivity index (χ2n) is 4.25. The van der Waals surface area contributed by atoms with Crippen molar-refractivity contribution < 1.29 is 13.2 Å². The van der Waals surface area contributed by atoms with Crippen LogP contribution in [0.1, 0.15) is 39.5 Å². The Morgan fingerprint density at radius 3 is 2.27 bits per heavy atom. The monoisotopic (exact) mass is 237 g/mol. The van der Waals surface area contributed by atoms with Gasteiger partial charge < -0.3 is 4.74 Å². The zero-order valence-electron chi connectivity index (χ0n) is 9.74. The molecule has 0 rings (SSSR count). The minimum absolute atomic E-state index is 0.0971. The van der Waals surface area contributed by atoms with Crippen LogP contribution in [0.3, 0.4) is 0 Å². The molecule has 0 saturated carbocycles. The second-order valence-corrected chi connectivity index (χ2v) is 5.98. The summed E-state index contributed by atoms with van der Waals surface area (Å²) in [5.74, 6) is 0.673. The lowest BCUT2D eigenvalue weighted by Crippen LogP contribution is -2.16. The number of sulfonamides is 1. The lowest BCUT2D eigenvalue weighted by atomic mass is 10.2. The van der Waals surface area contributed by atoms with Crippen molar-refractivity contribution in [1.29, 1.82) is 0 Å². The van der Waals surface area contributed by atoms with Gasteiger partial charge in [0.1, 0.15) is 0 Å². The van der Waals surface area contributed by atoms with Crippen LogP contribution in [0.2, 0.25) is 0 Å². The number of unbranched alkanes of at least 4 members (excludes halogenated alkanes) is 3. The van der Waals surface area contributed by atoms with Crippen LogP contribution in [0, 0.1) is 5.92 Å². The molecular weight excluding hydrogens is 214 g/mol. The molecule has 0 atom stereocenters. The fourth-order valence-electron chi connectivity index (χ4n) is 1.18. The largest absolute Gasteiger partial charge is 0.381 e. The molecule has 0 amide bonds. The van der Waals surface area contributed by atoms with Gasteiger partial charge in [-0.05, 0) is 18.8 Å². The quantitative estimate of drug-likeness (QED) is 0.618. The van der Waals surface area contributed by atoms with Crippen LogP contribution in [0.15, 0.2) is 0 Å². The van der Waals surface area contributed by atoms with Crippen LogP contribution >= 0.6 is 0 Å². The molecule has 0 fully saturated rings. The molecule has 4 nitrogen and oxygen atoms in total. The molecule has 0 spiro atoms. The standard InChI is InChI=1S/C10H23NO3S/c1-10(2)9-14-7-5-3-4-6-8-15(11,12)13/h10H,3-9H2,1-2H3,(H2,11,12,13). The lowest BCUT2D eigenvalue weighted by molar-refractivity contribution is 0.106. The fraction of sp³-hybridized carbons (Fsp3) is 1.00. The Hall–Kier alpha value is -0.130. The van der Waals surface area contributed by atoms with Crippen molar-refractivity contribution in [1.82, 2.24) is 0 Å². The average Bonchev–Trinajstić information content (AvgIpc) is 2.07. The number of nitrogens with two attached hydrogens (primary N) is 1. The van der Waals surface area contributed by atoms with Gasteiger partial charge in [0.2, 0.25) is 10.0 Å². The molecule has 0 saturated heterocycles.